The lowest BCUT2D eigenvalue weighted by Gasteiger charge is -2.22. The Bertz CT molecular complexity index is 2240. The Morgan fingerprint density at radius 1 is 0.500 bits per heavy atom. The molecule has 1 aromatic heterocycles. The number of hydrogen-bond acceptors (Lipinski definition) is 1. The van der Waals surface area contributed by atoms with Gasteiger partial charge in [-0.2, -0.15) is 0 Å². The molecule has 0 aliphatic carbocycles. The number of rotatable bonds is 2. The molecule has 0 N–H and O–H groups in total. The molecule has 0 bridgehead atoms. The van der Waals surface area contributed by atoms with Crippen molar-refractivity contribution in [1.29, 1.82) is 0 Å². The van der Waals surface area contributed by atoms with E-state index < -0.39 is 0 Å². The Morgan fingerprint density at radius 2 is 1.28 bits per heavy atom. The molecule has 0 saturated carbocycles. The third kappa shape index (κ3) is 2.61. The van der Waals surface area contributed by atoms with Crippen molar-refractivity contribution >= 4 is 32.6 Å². The quantitative estimate of drug-likeness (QED) is 0.248. The standard InChI is InChI=1S/C34H21NO/c1-2-10-22(11-3-1)35-29-17-6-4-13-28(29)33-25(16-9-18-30(33)35)23-20-21-32-34-26(23)14-8-15-27(34)24-12-5-7-19-31(24)36-32/h1-21H/i8D,14D,15D,20D,21D. The first-order chi connectivity index (χ1) is 20.0. The third-order valence-corrected chi connectivity index (χ3v) is 7.00. The molecule has 0 amide bonds. The van der Waals surface area contributed by atoms with Crippen LogP contribution in [0.1, 0.15) is 6.85 Å². The van der Waals surface area contributed by atoms with Gasteiger partial charge in [0.05, 0.1) is 17.9 Å². The van der Waals surface area contributed by atoms with Crippen molar-refractivity contribution in [2.75, 3.05) is 0 Å². The molecular formula is C34H21NO. The van der Waals surface area contributed by atoms with Crippen molar-refractivity contribution in [3.63, 3.8) is 0 Å². The summed E-state index contributed by atoms with van der Waals surface area (Å²) in [4.78, 5) is 0. The highest BCUT2D eigenvalue weighted by Gasteiger charge is 2.22. The largest absolute Gasteiger partial charge is 0.456 e. The summed E-state index contributed by atoms with van der Waals surface area (Å²) < 4.78 is 53.3. The molecule has 7 aromatic rings. The number of aromatic nitrogens is 1. The summed E-state index contributed by atoms with van der Waals surface area (Å²) in [7, 11) is 0. The van der Waals surface area contributed by atoms with Crippen molar-refractivity contribution in [2.45, 2.75) is 0 Å². The number of benzene rings is 6. The fourth-order valence-electron chi connectivity index (χ4n) is 5.50. The molecule has 0 saturated heterocycles. The van der Waals surface area contributed by atoms with Crippen molar-refractivity contribution in [1.82, 2.24) is 4.57 Å². The lowest BCUT2D eigenvalue weighted by atomic mass is 9.89. The predicted molar refractivity (Wildman–Crippen MR) is 149 cm³/mol. The van der Waals surface area contributed by atoms with Crippen molar-refractivity contribution in [2.24, 2.45) is 0 Å². The molecule has 1 aliphatic heterocycles. The predicted octanol–water partition coefficient (Wildman–Crippen LogP) is 9.38. The van der Waals surface area contributed by atoms with Gasteiger partial charge in [-0.15, -0.1) is 0 Å². The second-order valence-electron chi connectivity index (χ2n) is 8.94. The Morgan fingerprint density at radius 3 is 2.22 bits per heavy atom. The van der Waals surface area contributed by atoms with Gasteiger partial charge in [-0.05, 0) is 58.5 Å². The highest BCUT2D eigenvalue weighted by atomic mass is 16.5. The van der Waals surface area contributed by atoms with Crippen LogP contribution in [0.5, 0.6) is 11.5 Å². The Balaban J connectivity index is 1.59. The molecule has 168 valence electrons. The SMILES string of the molecule is [2H]c1c([2H])c2c3c(c([2H])c([2H])c(-c4cccc5c4c4ccccc4n5-c4ccccc4)c3c1[2H])Oc1ccccc1-2. The van der Waals surface area contributed by atoms with E-state index in [2.05, 4.69) is 28.8 Å². The van der Waals surface area contributed by atoms with Crippen molar-refractivity contribution in [3.8, 4) is 39.4 Å². The zero-order valence-electron chi connectivity index (χ0n) is 24.1. The summed E-state index contributed by atoms with van der Waals surface area (Å²) in [6, 6.07) is 30.7. The molecule has 6 aromatic carbocycles. The van der Waals surface area contributed by atoms with E-state index in [1.54, 1.807) is 6.07 Å². The van der Waals surface area contributed by atoms with Crippen LogP contribution in [-0.2, 0) is 0 Å². The van der Waals surface area contributed by atoms with Gasteiger partial charge in [0.25, 0.3) is 0 Å². The van der Waals surface area contributed by atoms with E-state index in [-0.39, 0.29) is 36.0 Å². The molecule has 2 nitrogen and oxygen atoms in total. The van der Waals surface area contributed by atoms with Crippen LogP contribution in [0.25, 0.3) is 60.5 Å². The van der Waals surface area contributed by atoms with Crippen LogP contribution < -0.4 is 4.74 Å². The molecule has 36 heavy (non-hydrogen) atoms. The van der Waals surface area contributed by atoms with Crippen LogP contribution in [0.4, 0.5) is 0 Å². The van der Waals surface area contributed by atoms with Gasteiger partial charge in [0, 0.05) is 27.4 Å². The van der Waals surface area contributed by atoms with Crippen LogP contribution in [-0.4, -0.2) is 4.57 Å². The fraction of sp³-hybridized carbons (Fsp3) is 0. The highest BCUT2D eigenvalue weighted by molar-refractivity contribution is 6.19. The Hall–Kier alpha value is -4.82. The normalized spacial score (nSPS) is 14.1. The number of para-hydroxylation sites is 3. The maximum Gasteiger partial charge on any atom is 0.135 e. The number of nitrogens with zero attached hydrogens (tertiary/aromatic N) is 1. The van der Waals surface area contributed by atoms with Crippen LogP contribution in [0, 0.1) is 0 Å². The zero-order valence-corrected chi connectivity index (χ0v) is 19.1. The Kier molecular flexibility index (Phi) is 3.10. The van der Waals surface area contributed by atoms with Crippen LogP contribution in [0.2, 0.25) is 0 Å². The lowest BCUT2D eigenvalue weighted by Crippen LogP contribution is -1.97. The average molecular weight is 465 g/mol. The van der Waals surface area contributed by atoms with Gasteiger partial charge in [-0.25, -0.2) is 0 Å². The first-order valence-corrected chi connectivity index (χ1v) is 11.9. The van der Waals surface area contributed by atoms with E-state index in [0.29, 0.717) is 38.8 Å². The second kappa shape index (κ2) is 7.34. The van der Waals surface area contributed by atoms with E-state index in [0.717, 1.165) is 27.5 Å². The summed E-state index contributed by atoms with van der Waals surface area (Å²) in [6.07, 6.45) is 0. The molecule has 0 spiro atoms. The van der Waals surface area contributed by atoms with Crippen LogP contribution >= 0.6 is 0 Å². The summed E-state index contributed by atoms with van der Waals surface area (Å²) in [5.74, 6) is 0.629. The molecule has 2 heteroatoms. The van der Waals surface area contributed by atoms with Gasteiger partial charge in [-0.1, -0.05) is 90.9 Å². The Labute approximate surface area is 215 Å². The van der Waals surface area contributed by atoms with Crippen molar-refractivity contribution in [3.05, 3.63) is 127 Å². The molecule has 0 radical (unpaired) electrons. The summed E-state index contributed by atoms with van der Waals surface area (Å²) in [5.41, 5.74) is 5.14. The van der Waals surface area contributed by atoms with Gasteiger partial charge >= 0.3 is 0 Å². The van der Waals surface area contributed by atoms with E-state index in [1.165, 1.54) is 0 Å². The minimum absolute atomic E-state index is 0.0764. The second-order valence-corrected chi connectivity index (χ2v) is 8.94. The van der Waals surface area contributed by atoms with Crippen LogP contribution in [0.15, 0.2) is 127 Å². The van der Waals surface area contributed by atoms with Crippen molar-refractivity contribution < 1.29 is 11.6 Å². The van der Waals surface area contributed by atoms with E-state index >= 15 is 0 Å². The molecule has 1 aliphatic rings. The average Bonchev–Trinajstić information content (AvgIpc) is 3.35. The monoisotopic (exact) mass is 464 g/mol. The summed E-state index contributed by atoms with van der Waals surface area (Å²) >= 11 is 0. The molecule has 8 rings (SSSR count). The van der Waals surface area contributed by atoms with Gasteiger partial charge < -0.3 is 9.30 Å². The van der Waals surface area contributed by atoms with Crippen LogP contribution in [0.3, 0.4) is 0 Å². The maximum absolute atomic E-state index is 9.25. The number of hydrogen-bond donors (Lipinski definition) is 0. The lowest BCUT2D eigenvalue weighted by molar-refractivity contribution is 0.487. The third-order valence-electron chi connectivity index (χ3n) is 7.00. The minimum atomic E-state index is -0.215. The smallest absolute Gasteiger partial charge is 0.135 e. The maximum atomic E-state index is 9.25. The van der Waals surface area contributed by atoms with E-state index in [4.69, 9.17) is 10.2 Å². The first kappa shape index (κ1) is 15.2. The fourth-order valence-corrected chi connectivity index (χ4v) is 5.50. The topological polar surface area (TPSA) is 14.2 Å². The van der Waals surface area contributed by atoms with E-state index in [1.807, 2.05) is 66.7 Å². The molecule has 0 atom stereocenters. The van der Waals surface area contributed by atoms with Gasteiger partial charge in [-0.3, -0.25) is 0 Å². The summed E-state index contributed by atoms with van der Waals surface area (Å²) in [6.45, 7) is 0. The van der Waals surface area contributed by atoms with E-state index in [9.17, 15) is 1.37 Å². The number of ether oxygens (including phenoxy) is 1. The zero-order chi connectivity index (χ0) is 28.0. The molecule has 2 heterocycles. The molecule has 0 unspecified atom stereocenters. The summed E-state index contributed by atoms with van der Waals surface area (Å²) in [5, 5.41) is 2.67. The van der Waals surface area contributed by atoms with Gasteiger partial charge in [0.15, 0.2) is 0 Å². The van der Waals surface area contributed by atoms with Gasteiger partial charge in [0.1, 0.15) is 11.5 Å². The first-order valence-electron chi connectivity index (χ1n) is 14.4. The van der Waals surface area contributed by atoms with Gasteiger partial charge in [0.2, 0.25) is 0 Å². The highest BCUT2D eigenvalue weighted by Crippen LogP contribution is 2.49. The minimum Gasteiger partial charge on any atom is -0.456 e. The molecular weight excluding hydrogens is 438 g/mol. The molecule has 0 fully saturated rings. The number of fused-ring (bicyclic) bond motifs is 5.